The molecule has 250 valence electrons. The highest BCUT2D eigenvalue weighted by Gasteiger charge is 2.71. The highest BCUT2D eigenvalue weighted by molar-refractivity contribution is 6.21. The van der Waals surface area contributed by atoms with Gasteiger partial charge in [0.05, 0.1) is 42.4 Å². The van der Waals surface area contributed by atoms with Crippen LogP contribution in [0.5, 0.6) is 0 Å². The van der Waals surface area contributed by atoms with E-state index < -0.39 is 34.9 Å². The maximum atomic E-state index is 13.4. The summed E-state index contributed by atoms with van der Waals surface area (Å²) in [5, 5.41) is 24.0. The summed E-state index contributed by atoms with van der Waals surface area (Å²) in [5.41, 5.74) is 3.47. The molecule has 4 aliphatic carbocycles. The molecule has 1 unspecified atom stereocenters. The molecule has 46 heavy (non-hydrogen) atoms. The van der Waals surface area contributed by atoms with Crippen molar-refractivity contribution < 1.29 is 29.3 Å². The Hall–Kier alpha value is -2.55. The summed E-state index contributed by atoms with van der Waals surface area (Å²) in [5.74, 6) is -0.867. The van der Waals surface area contributed by atoms with Gasteiger partial charge in [0.25, 0.3) is 11.8 Å². The monoisotopic (exact) mass is 632 g/mol. The summed E-state index contributed by atoms with van der Waals surface area (Å²) in [6.45, 7) is 16.6. The van der Waals surface area contributed by atoms with Gasteiger partial charge in [0.15, 0.2) is 0 Å². The molecule has 2 aliphatic heterocycles. The van der Waals surface area contributed by atoms with E-state index in [9.17, 15) is 24.6 Å². The molecule has 3 N–H and O–H groups in total. The van der Waals surface area contributed by atoms with Gasteiger partial charge in [0, 0.05) is 10.8 Å². The average Bonchev–Trinajstić information content (AvgIpc) is 3.24. The topological polar surface area (TPSA) is 116 Å². The van der Waals surface area contributed by atoms with Crippen LogP contribution >= 0.6 is 0 Å². The fourth-order valence-electron chi connectivity index (χ4n) is 12.3. The minimum Gasteiger partial charge on any atom is -0.481 e. The number of aliphatic hydroxyl groups excluding tert-OH is 1. The number of aliphatic hydroxyl groups is 1. The van der Waals surface area contributed by atoms with Crippen molar-refractivity contribution in [3.8, 4) is 0 Å². The Kier molecular flexibility index (Phi) is 7.12. The summed E-state index contributed by atoms with van der Waals surface area (Å²) in [6.07, 6.45) is 6.55. The number of hydrogen-bond donors (Lipinski definition) is 3. The maximum absolute atomic E-state index is 13.4. The highest BCUT2D eigenvalue weighted by Crippen LogP contribution is 2.74. The number of hydrogen-bond acceptors (Lipinski definition) is 6. The predicted molar refractivity (Wildman–Crippen MR) is 173 cm³/mol. The van der Waals surface area contributed by atoms with E-state index in [2.05, 4.69) is 60.0 Å². The second kappa shape index (κ2) is 10.2. The molecule has 11 atom stereocenters. The fraction of sp³-hybridized carbons (Fsp3) is 0.711. The van der Waals surface area contributed by atoms with Crippen molar-refractivity contribution in [2.75, 3.05) is 13.2 Å². The molecule has 6 aliphatic rings. The Morgan fingerprint density at radius 2 is 1.63 bits per heavy atom. The molecule has 7 rings (SSSR count). The standard InChI is InChI=1S/C38H52N2O6/c1-21(2)22(3)34(4)16-17-36(6)25-12-13-28-35(5)19-46-20-38(28,26(25)14-15-37(36,7)29(34)33(44)45)18-27(30(35)41)39-40-31(42)23-10-8-9-11-24(23)32(40)43/h8-11,14,21-22,25,27-30,39,41H,12-13,15-20H2,1-7H3,(H,44,45)/t22-,25+,27-,28+,29-,30+,34-,35?,36-,37+,38+/m1/s1. The van der Waals surface area contributed by atoms with E-state index in [0.29, 0.717) is 43.1 Å². The Balaban J connectivity index is 1.28. The molecule has 1 aromatic carbocycles. The maximum Gasteiger partial charge on any atom is 0.307 e. The molecule has 2 heterocycles. The molecule has 0 spiro atoms. The number of ether oxygens (including phenoxy) is 1. The van der Waals surface area contributed by atoms with E-state index in [0.717, 1.165) is 30.7 Å². The first-order chi connectivity index (χ1) is 21.6. The molecule has 2 amide bonds. The number of nitrogens with one attached hydrogen (secondary N) is 1. The lowest BCUT2D eigenvalue weighted by molar-refractivity contribution is -0.237. The number of aliphatic carboxylic acids is 1. The summed E-state index contributed by atoms with van der Waals surface area (Å²) in [7, 11) is 0. The lowest BCUT2D eigenvalue weighted by Crippen LogP contribution is -2.72. The number of nitrogens with zero attached hydrogens (tertiary/aromatic N) is 1. The van der Waals surface area contributed by atoms with E-state index >= 15 is 0 Å². The van der Waals surface area contributed by atoms with Crippen LogP contribution in [-0.4, -0.2) is 58.4 Å². The van der Waals surface area contributed by atoms with Gasteiger partial charge < -0.3 is 14.9 Å². The summed E-state index contributed by atoms with van der Waals surface area (Å²) in [6, 6.07) is 6.33. The Bertz CT molecular complexity index is 1490. The second-order valence-corrected chi connectivity index (χ2v) is 17.2. The third kappa shape index (κ3) is 3.87. The third-order valence-corrected chi connectivity index (χ3v) is 15.2. The quantitative estimate of drug-likeness (QED) is 0.265. The molecule has 0 aromatic heterocycles. The first-order valence-electron chi connectivity index (χ1n) is 17.5. The van der Waals surface area contributed by atoms with Gasteiger partial charge in [0.2, 0.25) is 0 Å². The third-order valence-electron chi connectivity index (χ3n) is 15.2. The van der Waals surface area contributed by atoms with Gasteiger partial charge in [-0.25, -0.2) is 10.4 Å². The summed E-state index contributed by atoms with van der Waals surface area (Å²) < 4.78 is 6.40. The molecular formula is C38H52N2O6. The van der Waals surface area contributed by atoms with E-state index in [1.807, 2.05) is 0 Å². The van der Waals surface area contributed by atoms with Crippen LogP contribution in [0.25, 0.3) is 0 Å². The van der Waals surface area contributed by atoms with Gasteiger partial charge in [-0.05, 0) is 90.6 Å². The molecule has 0 radical (unpaired) electrons. The van der Waals surface area contributed by atoms with Crippen LogP contribution in [0.4, 0.5) is 0 Å². The predicted octanol–water partition coefficient (Wildman–Crippen LogP) is 6.11. The van der Waals surface area contributed by atoms with Crippen LogP contribution in [0, 0.1) is 56.7 Å². The minimum absolute atomic E-state index is 0.185. The number of carboxylic acid groups (broad SMARTS) is 1. The molecule has 4 fully saturated rings. The van der Waals surface area contributed by atoms with Gasteiger partial charge in [0.1, 0.15) is 0 Å². The van der Waals surface area contributed by atoms with E-state index in [1.165, 1.54) is 5.57 Å². The molecular weight excluding hydrogens is 580 g/mol. The van der Waals surface area contributed by atoms with Crippen LogP contribution in [0.1, 0.15) is 108 Å². The largest absolute Gasteiger partial charge is 0.481 e. The first-order valence-corrected chi connectivity index (χ1v) is 17.5. The second-order valence-electron chi connectivity index (χ2n) is 17.2. The lowest BCUT2D eigenvalue weighted by atomic mass is 9.34. The number of rotatable bonds is 5. The van der Waals surface area contributed by atoms with Gasteiger partial charge >= 0.3 is 5.97 Å². The zero-order valence-electron chi connectivity index (χ0n) is 28.6. The number of carbonyl (C=O) groups excluding carboxylic acids is 2. The molecule has 8 heteroatoms. The molecule has 3 saturated carbocycles. The highest BCUT2D eigenvalue weighted by atomic mass is 16.5. The van der Waals surface area contributed by atoms with Crippen LogP contribution in [0.3, 0.4) is 0 Å². The molecule has 8 nitrogen and oxygen atoms in total. The van der Waals surface area contributed by atoms with Gasteiger partial charge in [-0.2, -0.15) is 0 Å². The Morgan fingerprint density at radius 1 is 0.978 bits per heavy atom. The number of allylic oxidation sites excluding steroid dienone is 1. The Labute approximate surface area is 273 Å². The first kappa shape index (κ1) is 32.0. The van der Waals surface area contributed by atoms with Crippen molar-refractivity contribution in [2.24, 2.45) is 56.7 Å². The van der Waals surface area contributed by atoms with Gasteiger partial charge in [-0.3, -0.25) is 14.4 Å². The molecule has 1 saturated heterocycles. The van der Waals surface area contributed by atoms with Crippen molar-refractivity contribution >= 4 is 17.8 Å². The van der Waals surface area contributed by atoms with E-state index in [-0.39, 0.29) is 45.8 Å². The number of amides is 2. The van der Waals surface area contributed by atoms with Gasteiger partial charge in [-0.15, -0.1) is 0 Å². The van der Waals surface area contributed by atoms with Crippen molar-refractivity contribution in [3.63, 3.8) is 0 Å². The Morgan fingerprint density at radius 3 is 2.24 bits per heavy atom. The number of imide groups is 1. The zero-order chi connectivity index (χ0) is 33.2. The minimum atomic E-state index is -0.818. The number of carbonyl (C=O) groups is 3. The average molecular weight is 633 g/mol. The fourth-order valence-corrected chi connectivity index (χ4v) is 12.3. The summed E-state index contributed by atoms with van der Waals surface area (Å²) in [4.78, 5) is 40.1. The van der Waals surface area contributed by atoms with Crippen LogP contribution in [-0.2, 0) is 9.53 Å². The number of hydrazine groups is 1. The van der Waals surface area contributed by atoms with Crippen LogP contribution in [0.2, 0.25) is 0 Å². The SMILES string of the molecule is CC(C)[C@@H](C)[C@@]1(C)CC[C@]2(C)[C@H]3CC[C@H]4C5(C)COC[C@@]4(C[C@@H](NN4C(=O)c6ccccc6C4=O)[C@@H]5O)C3=CC[C@@]2(C)[C@@H]1C(=O)O. The lowest BCUT2D eigenvalue weighted by Gasteiger charge is -2.71. The van der Waals surface area contributed by atoms with E-state index in [4.69, 9.17) is 4.74 Å². The number of carboxylic acids is 1. The van der Waals surface area contributed by atoms with Crippen molar-refractivity contribution in [1.29, 1.82) is 0 Å². The van der Waals surface area contributed by atoms with Crippen molar-refractivity contribution in [3.05, 3.63) is 47.0 Å². The molecule has 1 aromatic rings. The van der Waals surface area contributed by atoms with Crippen molar-refractivity contribution in [1.82, 2.24) is 10.4 Å². The van der Waals surface area contributed by atoms with Crippen LogP contribution in [0.15, 0.2) is 35.9 Å². The van der Waals surface area contributed by atoms with Crippen LogP contribution < -0.4 is 5.43 Å². The van der Waals surface area contributed by atoms with E-state index in [1.54, 1.807) is 24.3 Å². The molecule has 2 bridgehead atoms. The number of benzene rings is 1. The van der Waals surface area contributed by atoms with Gasteiger partial charge in [-0.1, -0.05) is 72.2 Å². The smallest absolute Gasteiger partial charge is 0.307 e. The normalized spacial score (nSPS) is 45.4. The van der Waals surface area contributed by atoms with Crippen molar-refractivity contribution in [2.45, 2.75) is 99.1 Å². The zero-order valence-corrected chi connectivity index (χ0v) is 28.6. The summed E-state index contributed by atoms with van der Waals surface area (Å²) >= 11 is 0. The number of fused-ring (bicyclic) bond motifs is 4.